The molecule has 0 aliphatic carbocycles. The molecule has 0 saturated carbocycles. The molecule has 1 saturated heterocycles. The number of nitrogens with zero attached hydrogens (tertiary/aromatic N) is 2. The predicted octanol–water partition coefficient (Wildman–Crippen LogP) is 0.748. The van der Waals surface area contributed by atoms with Crippen LogP contribution in [0.15, 0.2) is 0 Å². The Hall–Kier alpha value is -0.160. The number of hydrogen-bond acceptors (Lipinski definition) is 4. The molecule has 0 radical (unpaired) electrons. The summed E-state index contributed by atoms with van der Waals surface area (Å²) in [4.78, 5) is 4.78. The van der Waals surface area contributed by atoms with Gasteiger partial charge in [0, 0.05) is 19.1 Å². The third-order valence-electron chi connectivity index (χ3n) is 4.31. The van der Waals surface area contributed by atoms with Crippen LogP contribution in [-0.4, -0.2) is 66.8 Å². The third-order valence-corrected chi connectivity index (χ3v) is 4.31. The zero-order valence-corrected chi connectivity index (χ0v) is 12.5. The van der Waals surface area contributed by atoms with Gasteiger partial charge in [0.2, 0.25) is 0 Å². The predicted molar refractivity (Wildman–Crippen MR) is 76.6 cm³/mol. The van der Waals surface area contributed by atoms with E-state index in [2.05, 4.69) is 30.8 Å². The standard InChI is InChI=1S/C14H31N3O/c1-12(9-14(2,18)11-15)17(4)10-13-5-7-16(3)8-6-13/h12-13,18H,5-11,15H2,1-4H3. The van der Waals surface area contributed by atoms with Crippen molar-refractivity contribution in [1.82, 2.24) is 9.80 Å². The molecule has 4 nitrogen and oxygen atoms in total. The largest absolute Gasteiger partial charge is 0.389 e. The SMILES string of the molecule is CC(CC(C)(O)CN)N(C)CC1CCN(C)CC1. The summed E-state index contributed by atoms with van der Waals surface area (Å²) in [6, 6.07) is 0.378. The Balaban J connectivity index is 2.33. The first kappa shape index (κ1) is 15.9. The number of hydrogen-bond donors (Lipinski definition) is 2. The lowest BCUT2D eigenvalue weighted by Gasteiger charge is -2.36. The van der Waals surface area contributed by atoms with E-state index in [0.717, 1.165) is 18.9 Å². The monoisotopic (exact) mass is 257 g/mol. The van der Waals surface area contributed by atoms with Crippen molar-refractivity contribution >= 4 is 0 Å². The average molecular weight is 257 g/mol. The van der Waals surface area contributed by atoms with Crippen molar-refractivity contribution in [3.63, 3.8) is 0 Å². The molecule has 0 amide bonds. The molecule has 0 aromatic carbocycles. The molecule has 1 heterocycles. The number of nitrogens with two attached hydrogens (primary N) is 1. The minimum Gasteiger partial charge on any atom is -0.389 e. The molecule has 0 aromatic rings. The molecule has 1 aliphatic heterocycles. The summed E-state index contributed by atoms with van der Waals surface area (Å²) in [6.45, 7) is 7.90. The van der Waals surface area contributed by atoms with Crippen LogP contribution in [0.3, 0.4) is 0 Å². The van der Waals surface area contributed by atoms with E-state index in [0.29, 0.717) is 12.6 Å². The second kappa shape index (κ2) is 6.85. The van der Waals surface area contributed by atoms with Gasteiger partial charge in [0.15, 0.2) is 0 Å². The fourth-order valence-corrected chi connectivity index (χ4v) is 2.71. The maximum Gasteiger partial charge on any atom is 0.0756 e. The zero-order valence-electron chi connectivity index (χ0n) is 12.5. The van der Waals surface area contributed by atoms with E-state index in [1.54, 1.807) is 0 Å². The lowest BCUT2D eigenvalue weighted by molar-refractivity contribution is 0.0289. The second-order valence-electron chi connectivity index (χ2n) is 6.44. The van der Waals surface area contributed by atoms with Crippen molar-refractivity contribution in [2.24, 2.45) is 11.7 Å². The topological polar surface area (TPSA) is 52.7 Å². The Morgan fingerprint density at radius 3 is 2.50 bits per heavy atom. The van der Waals surface area contributed by atoms with Gasteiger partial charge < -0.3 is 20.6 Å². The van der Waals surface area contributed by atoms with Crippen LogP contribution in [0, 0.1) is 5.92 Å². The third kappa shape index (κ3) is 5.22. The van der Waals surface area contributed by atoms with Crippen LogP contribution in [0.25, 0.3) is 0 Å². The minimum atomic E-state index is -0.736. The highest BCUT2D eigenvalue weighted by Gasteiger charge is 2.25. The molecule has 0 spiro atoms. The molecule has 2 atom stereocenters. The number of rotatable bonds is 6. The quantitative estimate of drug-likeness (QED) is 0.737. The van der Waals surface area contributed by atoms with Gasteiger partial charge >= 0.3 is 0 Å². The Labute approximate surface area is 112 Å². The van der Waals surface area contributed by atoms with E-state index in [4.69, 9.17) is 5.73 Å². The van der Waals surface area contributed by atoms with Crippen molar-refractivity contribution in [1.29, 1.82) is 0 Å². The maximum absolute atomic E-state index is 10.0. The van der Waals surface area contributed by atoms with Crippen molar-refractivity contribution in [3.8, 4) is 0 Å². The van der Waals surface area contributed by atoms with Gasteiger partial charge in [-0.05, 0) is 66.2 Å². The van der Waals surface area contributed by atoms with Gasteiger partial charge in [-0.1, -0.05) is 0 Å². The summed E-state index contributed by atoms with van der Waals surface area (Å²) < 4.78 is 0. The first-order chi connectivity index (χ1) is 8.34. The van der Waals surface area contributed by atoms with E-state index in [1.165, 1.54) is 25.9 Å². The summed E-state index contributed by atoms with van der Waals surface area (Å²) in [5.74, 6) is 0.802. The molecule has 4 heteroatoms. The van der Waals surface area contributed by atoms with E-state index in [9.17, 15) is 5.11 Å². The fraction of sp³-hybridized carbons (Fsp3) is 1.00. The van der Waals surface area contributed by atoms with Crippen LogP contribution in [0.1, 0.15) is 33.1 Å². The van der Waals surface area contributed by atoms with E-state index in [-0.39, 0.29) is 0 Å². The second-order valence-corrected chi connectivity index (χ2v) is 6.44. The maximum atomic E-state index is 10.0. The van der Waals surface area contributed by atoms with Crippen LogP contribution in [-0.2, 0) is 0 Å². The first-order valence-corrected chi connectivity index (χ1v) is 7.15. The normalized spacial score (nSPS) is 24.2. The summed E-state index contributed by atoms with van der Waals surface area (Å²) >= 11 is 0. The van der Waals surface area contributed by atoms with Gasteiger partial charge in [0.1, 0.15) is 0 Å². The van der Waals surface area contributed by atoms with Gasteiger partial charge in [0.25, 0.3) is 0 Å². The summed E-state index contributed by atoms with van der Waals surface area (Å²) in [5, 5.41) is 10.0. The molecule has 1 aliphatic rings. The molecule has 0 bridgehead atoms. The highest BCUT2D eigenvalue weighted by molar-refractivity contribution is 4.81. The van der Waals surface area contributed by atoms with Crippen LogP contribution in [0.2, 0.25) is 0 Å². The van der Waals surface area contributed by atoms with Crippen molar-refractivity contribution in [2.45, 2.75) is 44.8 Å². The molecular formula is C14H31N3O. The van der Waals surface area contributed by atoms with Crippen LogP contribution >= 0.6 is 0 Å². The molecule has 3 N–H and O–H groups in total. The Kier molecular flexibility index (Phi) is 6.05. The number of aliphatic hydroxyl groups is 1. The molecule has 1 fully saturated rings. The first-order valence-electron chi connectivity index (χ1n) is 7.15. The van der Waals surface area contributed by atoms with Crippen LogP contribution in [0.5, 0.6) is 0 Å². The van der Waals surface area contributed by atoms with Gasteiger partial charge in [-0.2, -0.15) is 0 Å². The molecular weight excluding hydrogens is 226 g/mol. The number of likely N-dealkylation sites (tertiary alicyclic amines) is 1. The molecule has 2 unspecified atom stereocenters. The van der Waals surface area contributed by atoms with E-state index < -0.39 is 5.60 Å². The van der Waals surface area contributed by atoms with Crippen LogP contribution < -0.4 is 5.73 Å². The van der Waals surface area contributed by atoms with Gasteiger partial charge in [0.05, 0.1) is 5.60 Å². The Morgan fingerprint density at radius 2 is 2.00 bits per heavy atom. The van der Waals surface area contributed by atoms with Crippen molar-refractivity contribution < 1.29 is 5.11 Å². The lowest BCUT2D eigenvalue weighted by atomic mass is 9.94. The fourth-order valence-electron chi connectivity index (χ4n) is 2.71. The van der Waals surface area contributed by atoms with E-state index >= 15 is 0 Å². The molecule has 1 rings (SSSR count). The average Bonchev–Trinajstić information content (AvgIpc) is 2.31. The zero-order chi connectivity index (χ0) is 13.8. The summed E-state index contributed by atoms with van der Waals surface area (Å²) in [6.07, 6.45) is 3.33. The van der Waals surface area contributed by atoms with Gasteiger partial charge in [-0.25, -0.2) is 0 Å². The Bertz CT molecular complexity index is 237. The lowest BCUT2D eigenvalue weighted by Crippen LogP contribution is -2.44. The molecule has 0 aromatic heterocycles. The smallest absolute Gasteiger partial charge is 0.0756 e. The molecule has 18 heavy (non-hydrogen) atoms. The van der Waals surface area contributed by atoms with Crippen LogP contribution in [0.4, 0.5) is 0 Å². The van der Waals surface area contributed by atoms with Gasteiger partial charge in [-0.3, -0.25) is 0 Å². The van der Waals surface area contributed by atoms with Crippen molar-refractivity contribution in [2.75, 3.05) is 40.3 Å². The summed E-state index contributed by atoms with van der Waals surface area (Å²) in [5.41, 5.74) is 4.84. The van der Waals surface area contributed by atoms with Crippen molar-refractivity contribution in [3.05, 3.63) is 0 Å². The Morgan fingerprint density at radius 1 is 1.44 bits per heavy atom. The summed E-state index contributed by atoms with van der Waals surface area (Å²) in [7, 11) is 4.36. The number of piperidine rings is 1. The highest BCUT2D eigenvalue weighted by Crippen LogP contribution is 2.20. The molecule has 108 valence electrons. The van der Waals surface area contributed by atoms with E-state index in [1.807, 2.05) is 6.92 Å². The van der Waals surface area contributed by atoms with Gasteiger partial charge in [-0.15, -0.1) is 0 Å². The minimum absolute atomic E-state index is 0.333. The highest BCUT2D eigenvalue weighted by atomic mass is 16.3.